The quantitative estimate of drug-likeness (QED) is 0.427. The van der Waals surface area contributed by atoms with E-state index in [2.05, 4.69) is 28.1 Å². The van der Waals surface area contributed by atoms with Gasteiger partial charge in [0.2, 0.25) is 0 Å². The van der Waals surface area contributed by atoms with Gasteiger partial charge in [-0.15, -0.1) is 0 Å². The molecule has 0 saturated carbocycles. The third-order valence-electron chi connectivity index (χ3n) is 3.06. The number of aliphatic imine (C=N–C) groups is 1. The molecule has 0 bridgehead atoms. The highest BCUT2D eigenvalue weighted by Gasteiger charge is 1.98. The van der Waals surface area contributed by atoms with Gasteiger partial charge in [0.1, 0.15) is 11.4 Å². The molecular weight excluding hydrogens is 306 g/mol. The first-order chi connectivity index (χ1) is 11.3. The molecule has 2 rings (SSSR count). The molecule has 0 N–H and O–H groups in total. The number of rotatable bonds is 7. The summed E-state index contributed by atoms with van der Waals surface area (Å²) in [4.78, 5) is 4.00. The summed E-state index contributed by atoms with van der Waals surface area (Å²) >= 11 is 4.68. The van der Waals surface area contributed by atoms with Gasteiger partial charge in [-0.2, -0.15) is 4.99 Å². The molecule has 0 aliphatic heterocycles. The Labute approximate surface area is 141 Å². The van der Waals surface area contributed by atoms with Crippen LogP contribution in [0, 0.1) is 0 Å². The van der Waals surface area contributed by atoms with Gasteiger partial charge in [-0.1, -0.05) is 54.3 Å². The lowest BCUT2D eigenvalue weighted by Crippen LogP contribution is -1.96. The number of isothiocyanates is 1. The summed E-state index contributed by atoms with van der Waals surface area (Å²) in [5, 5.41) is 2.36. The molecule has 2 aromatic rings. The van der Waals surface area contributed by atoms with Gasteiger partial charge >= 0.3 is 0 Å². The van der Waals surface area contributed by atoms with Crippen molar-refractivity contribution >= 4 is 23.5 Å². The predicted octanol–water partition coefficient (Wildman–Crippen LogP) is 4.51. The van der Waals surface area contributed by atoms with Gasteiger partial charge in [-0.25, -0.2) is 0 Å². The average molecular weight is 323 g/mol. The van der Waals surface area contributed by atoms with E-state index in [-0.39, 0.29) is 0 Å². The van der Waals surface area contributed by atoms with E-state index in [9.17, 15) is 0 Å². The normalized spacial score (nSPS) is 9.43. The first kappa shape index (κ1) is 16.9. The summed E-state index contributed by atoms with van der Waals surface area (Å²) < 4.78 is 10.9. The van der Waals surface area contributed by atoms with Gasteiger partial charge in [-0.05, 0) is 29.9 Å². The van der Waals surface area contributed by atoms with Crippen molar-refractivity contribution in [2.75, 3.05) is 13.7 Å². The maximum absolute atomic E-state index is 5.65. The third kappa shape index (κ3) is 5.67. The van der Waals surface area contributed by atoms with Crippen molar-refractivity contribution in [1.82, 2.24) is 0 Å². The average Bonchev–Trinajstić information content (AvgIpc) is 2.61. The zero-order valence-electron chi connectivity index (χ0n) is 12.9. The van der Waals surface area contributed by atoms with E-state index in [0.717, 1.165) is 16.9 Å². The van der Waals surface area contributed by atoms with Crippen molar-refractivity contribution in [2.45, 2.75) is 6.61 Å². The molecule has 116 valence electrons. The van der Waals surface area contributed by atoms with Crippen molar-refractivity contribution in [2.24, 2.45) is 4.99 Å². The number of methoxy groups -OCH3 is 1. The van der Waals surface area contributed by atoms with Gasteiger partial charge < -0.3 is 9.47 Å². The minimum Gasteiger partial charge on any atom is -0.496 e. The molecule has 0 saturated heterocycles. The highest BCUT2D eigenvalue weighted by molar-refractivity contribution is 7.78. The van der Waals surface area contributed by atoms with Crippen molar-refractivity contribution < 1.29 is 9.47 Å². The third-order valence-corrected chi connectivity index (χ3v) is 3.16. The minimum absolute atomic E-state index is 0.310. The van der Waals surface area contributed by atoms with E-state index in [1.165, 1.54) is 0 Å². The number of nitrogens with zero attached hydrogens (tertiary/aromatic N) is 1. The van der Waals surface area contributed by atoms with Gasteiger partial charge in [0.05, 0.1) is 25.5 Å². The molecule has 0 aliphatic carbocycles. The van der Waals surface area contributed by atoms with Gasteiger partial charge in [-0.3, -0.25) is 0 Å². The van der Waals surface area contributed by atoms with Crippen LogP contribution in [0.25, 0.3) is 6.08 Å². The smallest absolute Gasteiger partial charge is 0.126 e. The number of ether oxygens (including phenoxy) is 2. The Hall–Kier alpha value is -2.48. The van der Waals surface area contributed by atoms with Gasteiger partial charge in [0.25, 0.3) is 0 Å². The Morgan fingerprint density at radius 2 is 1.87 bits per heavy atom. The minimum atomic E-state index is 0.310. The summed E-state index contributed by atoms with van der Waals surface area (Å²) in [5.41, 5.74) is 5.69. The fourth-order valence-electron chi connectivity index (χ4n) is 1.95. The zero-order valence-corrected chi connectivity index (χ0v) is 13.7. The maximum Gasteiger partial charge on any atom is 0.126 e. The molecule has 2 aromatic carbocycles. The molecule has 0 spiro atoms. The lowest BCUT2D eigenvalue weighted by Gasteiger charge is -2.03. The van der Waals surface area contributed by atoms with Gasteiger partial charge in [0.15, 0.2) is 0 Å². The van der Waals surface area contributed by atoms with Crippen LogP contribution in [0.15, 0.2) is 71.0 Å². The van der Waals surface area contributed by atoms with Crippen LogP contribution in [0.5, 0.6) is 5.75 Å². The van der Waals surface area contributed by atoms with E-state index in [4.69, 9.17) is 9.47 Å². The number of para-hydroxylation sites is 1. The second-order valence-electron chi connectivity index (χ2n) is 4.66. The van der Waals surface area contributed by atoms with Crippen molar-refractivity contribution in [3.63, 3.8) is 0 Å². The highest BCUT2D eigenvalue weighted by Crippen LogP contribution is 2.18. The van der Waals surface area contributed by atoms with Crippen LogP contribution in [-0.2, 0) is 11.3 Å². The molecule has 23 heavy (non-hydrogen) atoms. The summed E-state index contributed by atoms with van der Waals surface area (Å²) in [6.07, 6.45) is 1.80. The second-order valence-corrected chi connectivity index (χ2v) is 4.84. The maximum atomic E-state index is 5.65. The molecule has 0 radical (unpaired) electrons. The van der Waals surface area contributed by atoms with Crippen molar-refractivity contribution in [3.8, 4) is 5.75 Å². The standard InChI is InChI=1S/C19H17NO2S/c1-21-19-10-6-5-9-17(19)11-12-18(20-15-23)14-22-13-16-7-3-2-4-8-16/h2-11H,13-14H2,1H3. The molecule has 0 unspecified atom stereocenters. The Morgan fingerprint density at radius 1 is 1.13 bits per heavy atom. The topological polar surface area (TPSA) is 30.8 Å². The first-order valence-corrected chi connectivity index (χ1v) is 7.52. The molecule has 0 amide bonds. The van der Waals surface area contributed by atoms with Crippen molar-refractivity contribution in [1.29, 1.82) is 0 Å². The Morgan fingerprint density at radius 3 is 2.61 bits per heavy atom. The SMILES string of the molecule is COc1ccccc1C=C=C(COCc1ccccc1)N=C=S. The molecule has 0 heterocycles. The summed E-state index contributed by atoms with van der Waals surface area (Å²) in [6, 6.07) is 17.6. The lowest BCUT2D eigenvalue weighted by atomic mass is 10.2. The Kier molecular flexibility index (Phi) is 6.99. The summed E-state index contributed by atoms with van der Waals surface area (Å²) in [6.45, 7) is 0.817. The monoisotopic (exact) mass is 323 g/mol. The molecule has 0 aliphatic rings. The van der Waals surface area contributed by atoms with Crippen LogP contribution in [0.4, 0.5) is 0 Å². The Balaban J connectivity index is 2.08. The number of hydrogen-bond donors (Lipinski definition) is 0. The van der Waals surface area contributed by atoms with Gasteiger partial charge in [0, 0.05) is 5.56 Å². The van der Waals surface area contributed by atoms with Crippen LogP contribution in [0.2, 0.25) is 0 Å². The fraction of sp³-hybridized carbons (Fsp3) is 0.158. The van der Waals surface area contributed by atoms with Crippen LogP contribution in [0.3, 0.4) is 0 Å². The zero-order chi connectivity index (χ0) is 16.3. The molecule has 3 nitrogen and oxygen atoms in total. The first-order valence-electron chi connectivity index (χ1n) is 7.11. The summed E-state index contributed by atoms with van der Waals surface area (Å²) in [7, 11) is 1.63. The summed E-state index contributed by atoms with van der Waals surface area (Å²) in [5.74, 6) is 0.774. The fourth-order valence-corrected chi connectivity index (χ4v) is 2.06. The number of benzene rings is 2. The highest BCUT2D eigenvalue weighted by atomic mass is 32.1. The molecule has 4 heteroatoms. The van der Waals surface area contributed by atoms with Crippen LogP contribution in [-0.4, -0.2) is 18.9 Å². The lowest BCUT2D eigenvalue weighted by molar-refractivity contribution is 0.142. The van der Waals surface area contributed by atoms with E-state index in [1.54, 1.807) is 13.2 Å². The van der Waals surface area contributed by atoms with Crippen LogP contribution >= 0.6 is 12.2 Å². The van der Waals surface area contributed by atoms with Crippen LogP contribution in [0.1, 0.15) is 11.1 Å². The largest absolute Gasteiger partial charge is 0.496 e. The molecular formula is C19H17NO2S. The molecule has 0 aromatic heterocycles. The Bertz CT molecular complexity index is 743. The second kappa shape index (κ2) is 9.52. The molecule has 0 fully saturated rings. The predicted molar refractivity (Wildman–Crippen MR) is 95.6 cm³/mol. The van der Waals surface area contributed by atoms with E-state index in [0.29, 0.717) is 18.9 Å². The number of hydrogen-bond acceptors (Lipinski definition) is 4. The number of thiocarbonyl (C=S) groups is 1. The molecule has 0 atom stereocenters. The van der Waals surface area contributed by atoms with Crippen molar-refractivity contribution in [3.05, 3.63) is 77.2 Å². The van der Waals surface area contributed by atoms with E-state index in [1.807, 2.05) is 54.6 Å². The van der Waals surface area contributed by atoms with Crippen LogP contribution < -0.4 is 4.74 Å². The van der Waals surface area contributed by atoms with E-state index >= 15 is 0 Å². The van der Waals surface area contributed by atoms with E-state index < -0.39 is 0 Å².